The number of piperidine rings is 1. The quantitative estimate of drug-likeness (QED) is 0.798. The lowest BCUT2D eigenvalue weighted by Gasteiger charge is -2.40. The molecule has 140 valence electrons. The van der Waals surface area contributed by atoms with Crippen molar-refractivity contribution < 1.29 is 0 Å². The Balaban J connectivity index is 1.45. The standard InChI is InChI=1S/C22H37N3/c1-18(2)21-6-5-7-22(16-21)25-10-8-20(9-11-25)17-23-12-14-24(15-13-23)19(3)4/h5-7,16,18-20H,8-15,17H2,1-4H3. The lowest BCUT2D eigenvalue weighted by atomic mass is 9.95. The summed E-state index contributed by atoms with van der Waals surface area (Å²) in [6.45, 7) is 18.0. The molecule has 1 aromatic carbocycles. The van der Waals surface area contributed by atoms with E-state index in [0.717, 1.165) is 5.92 Å². The topological polar surface area (TPSA) is 9.72 Å². The maximum absolute atomic E-state index is 2.71. The van der Waals surface area contributed by atoms with Gasteiger partial charge in [0.1, 0.15) is 0 Å². The second-order valence-electron chi connectivity index (χ2n) is 8.61. The van der Waals surface area contributed by atoms with Gasteiger partial charge in [0.25, 0.3) is 0 Å². The lowest BCUT2D eigenvalue weighted by molar-refractivity contribution is 0.0931. The van der Waals surface area contributed by atoms with Crippen molar-refractivity contribution in [3.05, 3.63) is 29.8 Å². The Morgan fingerprint density at radius 1 is 0.920 bits per heavy atom. The zero-order chi connectivity index (χ0) is 17.8. The van der Waals surface area contributed by atoms with E-state index in [1.807, 2.05) is 0 Å². The minimum absolute atomic E-state index is 0.613. The maximum Gasteiger partial charge on any atom is 0.0369 e. The summed E-state index contributed by atoms with van der Waals surface area (Å²) in [5.41, 5.74) is 2.89. The predicted molar refractivity (Wildman–Crippen MR) is 109 cm³/mol. The third kappa shape index (κ3) is 4.98. The maximum atomic E-state index is 2.71. The Morgan fingerprint density at radius 2 is 1.60 bits per heavy atom. The van der Waals surface area contributed by atoms with Crippen LogP contribution in [0, 0.1) is 5.92 Å². The molecule has 2 aliphatic heterocycles. The number of benzene rings is 1. The first-order valence-corrected chi connectivity index (χ1v) is 10.3. The van der Waals surface area contributed by atoms with Crippen LogP contribution in [0.15, 0.2) is 24.3 Å². The zero-order valence-electron chi connectivity index (χ0n) is 16.7. The number of rotatable bonds is 5. The van der Waals surface area contributed by atoms with Crippen LogP contribution in [0.1, 0.15) is 52.0 Å². The molecule has 2 aliphatic rings. The van der Waals surface area contributed by atoms with E-state index < -0.39 is 0 Å². The molecule has 2 saturated heterocycles. The van der Waals surface area contributed by atoms with Gasteiger partial charge in [-0.2, -0.15) is 0 Å². The van der Waals surface area contributed by atoms with Crippen molar-refractivity contribution in [2.75, 3.05) is 50.7 Å². The molecule has 1 aromatic rings. The SMILES string of the molecule is CC(C)c1cccc(N2CCC(CN3CCN(C(C)C)CC3)CC2)c1. The molecule has 0 saturated carbocycles. The Kier molecular flexibility index (Phi) is 6.40. The van der Waals surface area contributed by atoms with Crippen LogP contribution in [-0.2, 0) is 0 Å². The van der Waals surface area contributed by atoms with E-state index >= 15 is 0 Å². The van der Waals surface area contributed by atoms with Crippen LogP contribution in [0.25, 0.3) is 0 Å². The summed E-state index contributed by atoms with van der Waals surface area (Å²) in [5.74, 6) is 1.50. The lowest BCUT2D eigenvalue weighted by Crippen LogP contribution is -2.50. The fraction of sp³-hybridized carbons (Fsp3) is 0.727. The van der Waals surface area contributed by atoms with Crippen molar-refractivity contribution in [3.63, 3.8) is 0 Å². The Morgan fingerprint density at radius 3 is 2.20 bits per heavy atom. The van der Waals surface area contributed by atoms with Crippen LogP contribution >= 0.6 is 0 Å². The molecule has 0 bridgehead atoms. The molecule has 2 fully saturated rings. The zero-order valence-corrected chi connectivity index (χ0v) is 16.7. The Labute approximate surface area is 155 Å². The number of hydrogen-bond acceptors (Lipinski definition) is 3. The Hall–Kier alpha value is -1.06. The number of nitrogens with zero attached hydrogens (tertiary/aromatic N) is 3. The molecule has 0 atom stereocenters. The number of anilines is 1. The largest absolute Gasteiger partial charge is 0.372 e. The van der Waals surface area contributed by atoms with E-state index in [9.17, 15) is 0 Å². The van der Waals surface area contributed by atoms with Gasteiger partial charge in [-0.3, -0.25) is 4.90 Å². The van der Waals surface area contributed by atoms with Crippen LogP contribution in [0.2, 0.25) is 0 Å². The minimum Gasteiger partial charge on any atom is -0.372 e. The van der Waals surface area contributed by atoms with E-state index in [-0.39, 0.29) is 0 Å². The van der Waals surface area contributed by atoms with Gasteiger partial charge in [-0.15, -0.1) is 0 Å². The van der Waals surface area contributed by atoms with Crippen molar-refractivity contribution in [2.24, 2.45) is 5.92 Å². The first kappa shape index (κ1) is 18.7. The molecule has 25 heavy (non-hydrogen) atoms. The van der Waals surface area contributed by atoms with Gasteiger partial charge in [0, 0.05) is 57.5 Å². The van der Waals surface area contributed by atoms with Gasteiger partial charge in [-0.25, -0.2) is 0 Å². The highest BCUT2D eigenvalue weighted by molar-refractivity contribution is 5.49. The monoisotopic (exact) mass is 343 g/mol. The molecule has 0 spiro atoms. The van der Waals surface area contributed by atoms with E-state index in [4.69, 9.17) is 0 Å². The molecule has 3 heteroatoms. The highest BCUT2D eigenvalue weighted by atomic mass is 15.3. The highest BCUT2D eigenvalue weighted by Crippen LogP contribution is 2.27. The molecule has 0 unspecified atom stereocenters. The van der Waals surface area contributed by atoms with Gasteiger partial charge in [0.2, 0.25) is 0 Å². The van der Waals surface area contributed by atoms with Crippen molar-refractivity contribution in [2.45, 2.75) is 52.5 Å². The van der Waals surface area contributed by atoms with Crippen molar-refractivity contribution >= 4 is 5.69 Å². The van der Waals surface area contributed by atoms with Crippen molar-refractivity contribution in [3.8, 4) is 0 Å². The first-order valence-electron chi connectivity index (χ1n) is 10.3. The average molecular weight is 344 g/mol. The van der Waals surface area contributed by atoms with E-state index in [1.54, 1.807) is 0 Å². The van der Waals surface area contributed by atoms with Crippen LogP contribution in [0.3, 0.4) is 0 Å². The molecule has 0 N–H and O–H groups in total. The molecule has 3 nitrogen and oxygen atoms in total. The van der Waals surface area contributed by atoms with Crippen LogP contribution in [0.4, 0.5) is 5.69 Å². The summed E-state index contributed by atoms with van der Waals surface area (Å²) in [6.07, 6.45) is 2.69. The summed E-state index contributed by atoms with van der Waals surface area (Å²) in [7, 11) is 0. The molecule has 0 radical (unpaired) electrons. The molecular weight excluding hydrogens is 306 g/mol. The minimum atomic E-state index is 0.613. The smallest absolute Gasteiger partial charge is 0.0369 e. The highest BCUT2D eigenvalue weighted by Gasteiger charge is 2.24. The number of piperazine rings is 1. The van der Waals surface area contributed by atoms with Crippen molar-refractivity contribution in [1.82, 2.24) is 9.80 Å². The van der Waals surface area contributed by atoms with Gasteiger partial charge in [-0.05, 0) is 56.2 Å². The molecular formula is C22H37N3. The summed E-state index contributed by atoms with van der Waals surface area (Å²) in [6, 6.07) is 9.88. The summed E-state index contributed by atoms with van der Waals surface area (Å²) in [5, 5.41) is 0. The predicted octanol–water partition coefficient (Wildman–Crippen LogP) is 4.05. The van der Waals surface area contributed by atoms with Gasteiger partial charge < -0.3 is 9.80 Å². The molecule has 2 heterocycles. The average Bonchev–Trinajstić information content (AvgIpc) is 2.63. The third-order valence-electron chi connectivity index (χ3n) is 6.17. The normalized spacial score (nSPS) is 21.4. The van der Waals surface area contributed by atoms with Crippen LogP contribution in [0.5, 0.6) is 0 Å². The molecule has 3 rings (SSSR count). The van der Waals surface area contributed by atoms with E-state index in [0.29, 0.717) is 12.0 Å². The number of hydrogen-bond donors (Lipinski definition) is 0. The summed E-state index contributed by atoms with van der Waals surface area (Å²) in [4.78, 5) is 7.92. The molecule has 0 amide bonds. The second kappa shape index (κ2) is 8.55. The molecule has 0 aliphatic carbocycles. The van der Waals surface area contributed by atoms with Gasteiger partial charge in [-0.1, -0.05) is 26.0 Å². The van der Waals surface area contributed by atoms with E-state index in [1.165, 1.54) is 69.9 Å². The van der Waals surface area contributed by atoms with Crippen LogP contribution in [-0.4, -0.2) is 61.7 Å². The first-order chi connectivity index (χ1) is 12.0. The molecule has 0 aromatic heterocycles. The van der Waals surface area contributed by atoms with Gasteiger partial charge >= 0.3 is 0 Å². The van der Waals surface area contributed by atoms with Crippen molar-refractivity contribution in [1.29, 1.82) is 0 Å². The summed E-state index contributed by atoms with van der Waals surface area (Å²) >= 11 is 0. The summed E-state index contributed by atoms with van der Waals surface area (Å²) < 4.78 is 0. The fourth-order valence-corrected chi connectivity index (χ4v) is 4.28. The van der Waals surface area contributed by atoms with Gasteiger partial charge in [0.15, 0.2) is 0 Å². The van der Waals surface area contributed by atoms with Gasteiger partial charge in [0.05, 0.1) is 0 Å². The second-order valence-corrected chi connectivity index (χ2v) is 8.61. The Bertz CT molecular complexity index is 524. The van der Waals surface area contributed by atoms with Crippen LogP contribution < -0.4 is 4.90 Å². The third-order valence-corrected chi connectivity index (χ3v) is 6.17. The van der Waals surface area contributed by atoms with E-state index in [2.05, 4.69) is 66.7 Å². The fourth-order valence-electron chi connectivity index (χ4n) is 4.28.